The summed E-state index contributed by atoms with van der Waals surface area (Å²) in [5.41, 5.74) is 6.37. The smallest absolute Gasteiger partial charge is 0.115 e. The molecule has 5 rings (SSSR count). The number of aromatic hydroxyl groups is 1. The van der Waals surface area contributed by atoms with Crippen LogP contribution in [0.15, 0.2) is 34.6 Å². The molecule has 3 aliphatic rings. The molecule has 1 heterocycles. The Morgan fingerprint density at radius 3 is 2.93 bits per heavy atom. The molecule has 1 N–H and O–H groups in total. The molecular weight excluding hydrogens is 372 g/mol. The van der Waals surface area contributed by atoms with E-state index in [1.807, 2.05) is 36.1 Å². The number of phenolic OH excluding ortho intramolecular Hbond substituents is 1. The first-order valence-electron chi connectivity index (χ1n) is 11.5. The van der Waals surface area contributed by atoms with Crippen molar-refractivity contribution < 1.29 is 5.11 Å². The fourth-order valence-corrected chi connectivity index (χ4v) is 6.50. The molecule has 2 saturated carbocycles. The van der Waals surface area contributed by atoms with Gasteiger partial charge in [0.25, 0.3) is 0 Å². The standard InChI is InChI=1S/C25H32N4O/c1-4-29-15-18(16(2)28-29)14-26-27-24-10-9-23-22-7-5-17-13-19(30)6-8-20(17)21(22)11-12-25(23,24)3/h6,8,13-15,21-23,30H,4-5,7,9-12H2,1-3H3/b26-14+,27-24+/t21?,22?,23?,25-/m0/s1. The van der Waals surface area contributed by atoms with Gasteiger partial charge < -0.3 is 5.11 Å². The molecular formula is C25H32N4O. The average molecular weight is 405 g/mol. The third-order valence-corrected chi connectivity index (χ3v) is 8.13. The Morgan fingerprint density at radius 1 is 1.27 bits per heavy atom. The fourth-order valence-electron chi connectivity index (χ4n) is 6.50. The predicted octanol–water partition coefficient (Wildman–Crippen LogP) is 5.25. The van der Waals surface area contributed by atoms with E-state index in [0.717, 1.165) is 36.6 Å². The van der Waals surface area contributed by atoms with Gasteiger partial charge in [0.15, 0.2) is 0 Å². The molecule has 0 bridgehead atoms. The first-order valence-corrected chi connectivity index (χ1v) is 11.5. The maximum atomic E-state index is 9.87. The zero-order valence-corrected chi connectivity index (χ0v) is 18.3. The molecule has 2 aromatic rings. The summed E-state index contributed by atoms with van der Waals surface area (Å²) in [5.74, 6) is 2.46. The second kappa shape index (κ2) is 7.36. The Balaban J connectivity index is 1.37. The van der Waals surface area contributed by atoms with Crippen molar-refractivity contribution in [2.75, 3.05) is 0 Å². The van der Waals surface area contributed by atoms with Gasteiger partial charge in [-0.1, -0.05) is 13.0 Å². The molecule has 0 saturated heterocycles. The maximum Gasteiger partial charge on any atom is 0.115 e. The molecule has 3 aliphatic carbocycles. The molecule has 0 radical (unpaired) electrons. The van der Waals surface area contributed by atoms with Gasteiger partial charge in [-0.15, -0.1) is 0 Å². The lowest BCUT2D eigenvalue weighted by molar-refractivity contribution is 0.0955. The predicted molar refractivity (Wildman–Crippen MR) is 120 cm³/mol. The maximum absolute atomic E-state index is 9.87. The van der Waals surface area contributed by atoms with Crippen LogP contribution in [0.1, 0.15) is 74.3 Å². The normalized spacial score (nSPS) is 31.7. The number of benzene rings is 1. The van der Waals surface area contributed by atoms with Crippen LogP contribution in [0.5, 0.6) is 5.75 Å². The number of hydrogen-bond acceptors (Lipinski definition) is 4. The highest BCUT2D eigenvalue weighted by Gasteiger charge is 2.53. The molecule has 5 nitrogen and oxygen atoms in total. The minimum atomic E-state index is 0.176. The minimum absolute atomic E-state index is 0.176. The van der Waals surface area contributed by atoms with Gasteiger partial charge in [-0.3, -0.25) is 4.68 Å². The highest BCUT2D eigenvalue weighted by atomic mass is 16.3. The summed E-state index contributed by atoms with van der Waals surface area (Å²) in [6, 6.07) is 6.03. The van der Waals surface area contributed by atoms with E-state index < -0.39 is 0 Å². The molecule has 1 aromatic heterocycles. The van der Waals surface area contributed by atoms with Gasteiger partial charge >= 0.3 is 0 Å². The molecule has 0 spiro atoms. The molecule has 0 amide bonds. The Kier molecular flexibility index (Phi) is 4.79. The fraction of sp³-hybridized carbons (Fsp3) is 0.560. The number of phenols is 1. The first kappa shape index (κ1) is 19.5. The van der Waals surface area contributed by atoms with Gasteiger partial charge in [-0.25, -0.2) is 0 Å². The van der Waals surface area contributed by atoms with Crippen molar-refractivity contribution in [2.45, 2.75) is 71.8 Å². The van der Waals surface area contributed by atoms with Crippen LogP contribution in [0.2, 0.25) is 0 Å². The van der Waals surface area contributed by atoms with E-state index in [4.69, 9.17) is 5.10 Å². The summed E-state index contributed by atoms with van der Waals surface area (Å²) >= 11 is 0. The minimum Gasteiger partial charge on any atom is -0.508 e. The van der Waals surface area contributed by atoms with E-state index in [2.05, 4.69) is 30.1 Å². The first-order chi connectivity index (χ1) is 14.5. The molecule has 2 fully saturated rings. The van der Waals surface area contributed by atoms with E-state index in [0.29, 0.717) is 17.6 Å². The Bertz CT molecular complexity index is 1020. The molecule has 158 valence electrons. The van der Waals surface area contributed by atoms with Gasteiger partial charge in [0.2, 0.25) is 0 Å². The van der Waals surface area contributed by atoms with Crippen LogP contribution < -0.4 is 0 Å². The lowest BCUT2D eigenvalue weighted by atomic mass is 9.55. The Labute approximate surface area is 178 Å². The molecule has 4 atom stereocenters. The summed E-state index contributed by atoms with van der Waals surface area (Å²) in [4.78, 5) is 0. The number of nitrogens with zero attached hydrogens (tertiary/aromatic N) is 4. The number of aromatic nitrogens is 2. The van der Waals surface area contributed by atoms with E-state index in [9.17, 15) is 5.11 Å². The lowest BCUT2D eigenvalue weighted by Crippen LogP contribution is -2.42. The van der Waals surface area contributed by atoms with E-state index in [-0.39, 0.29) is 5.41 Å². The summed E-state index contributed by atoms with van der Waals surface area (Å²) in [6.07, 6.45) is 10.9. The van der Waals surface area contributed by atoms with Crippen LogP contribution in [0.3, 0.4) is 0 Å². The topological polar surface area (TPSA) is 62.8 Å². The van der Waals surface area contributed by atoms with Gasteiger partial charge in [0.1, 0.15) is 5.75 Å². The number of aryl methyl sites for hydroxylation is 3. The van der Waals surface area contributed by atoms with Crippen molar-refractivity contribution in [3.8, 4) is 5.75 Å². The van der Waals surface area contributed by atoms with Gasteiger partial charge in [-0.2, -0.15) is 15.3 Å². The molecule has 3 unspecified atom stereocenters. The third-order valence-electron chi connectivity index (χ3n) is 8.13. The number of fused-ring (bicyclic) bond motifs is 5. The number of hydrogen-bond donors (Lipinski definition) is 1. The van der Waals surface area contributed by atoms with Gasteiger partial charge in [0, 0.05) is 29.4 Å². The highest BCUT2D eigenvalue weighted by molar-refractivity contribution is 5.93. The monoisotopic (exact) mass is 404 g/mol. The van der Waals surface area contributed by atoms with Crippen LogP contribution in [0, 0.1) is 24.2 Å². The van der Waals surface area contributed by atoms with E-state index in [1.165, 1.54) is 42.5 Å². The van der Waals surface area contributed by atoms with Crippen molar-refractivity contribution in [3.05, 3.63) is 46.8 Å². The van der Waals surface area contributed by atoms with Crippen molar-refractivity contribution >= 4 is 11.9 Å². The SMILES string of the molecule is CCn1cc(/C=N/N=C2\CCC3C4CCc5cc(O)ccc5C4CC[C@]23C)c(C)n1. The number of rotatable bonds is 3. The largest absolute Gasteiger partial charge is 0.508 e. The second-order valence-corrected chi connectivity index (χ2v) is 9.61. The van der Waals surface area contributed by atoms with E-state index >= 15 is 0 Å². The van der Waals surface area contributed by atoms with Crippen molar-refractivity contribution in [2.24, 2.45) is 27.5 Å². The molecule has 0 aliphatic heterocycles. The van der Waals surface area contributed by atoms with Crippen LogP contribution in [-0.4, -0.2) is 26.8 Å². The Morgan fingerprint density at radius 2 is 2.13 bits per heavy atom. The summed E-state index contributed by atoms with van der Waals surface area (Å²) in [6.45, 7) is 7.42. The van der Waals surface area contributed by atoms with Crippen molar-refractivity contribution in [1.82, 2.24) is 9.78 Å². The summed E-state index contributed by atoms with van der Waals surface area (Å²) in [5, 5.41) is 23.6. The van der Waals surface area contributed by atoms with Crippen molar-refractivity contribution in [3.63, 3.8) is 0 Å². The van der Waals surface area contributed by atoms with Crippen LogP contribution >= 0.6 is 0 Å². The second-order valence-electron chi connectivity index (χ2n) is 9.61. The Hall–Kier alpha value is -2.43. The average Bonchev–Trinajstić information content (AvgIpc) is 3.27. The van der Waals surface area contributed by atoms with Gasteiger partial charge in [0.05, 0.1) is 11.9 Å². The molecule has 5 heteroatoms. The summed E-state index contributed by atoms with van der Waals surface area (Å²) in [7, 11) is 0. The quantitative estimate of drug-likeness (QED) is 0.561. The van der Waals surface area contributed by atoms with E-state index in [1.54, 1.807) is 0 Å². The van der Waals surface area contributed by atoms with Crippen LogP contribution in [0.4, 0.5) is 0 Å². The van der Waals surface area contributed by atoms with Gasteiger partial charge in [-0.05, 0) is 93.4 Å². The molecule has 30 heavy (non-hydrogen) atoms. The summed E-state index contributed by atoms with van der Waals surface area (Å²) < 4.78 is 1.94. The van der Waals surface area contributed by atoms with Crippen molar-refractivity contribution in [1.29, 1.82) is 0 Å². The zero-order chi connectivity index (χ0) is 20.9. The lowest BCUT2D eigenvalue weighted by Gasteiger charge is -2.49. The zero-order valence-electron chi connectivity index (χ0n) is 18.3. The van der Waals surface area contributed by atoms with Crippen LogP contribution in [-0.2, 0) is 13.0 Å². The van der Waals surface area contributed by atoms with Crippen LogP contribution in [0.25, 0.3) is 0 Å². The third kappa shape index (κ3) is 3.10. The molecule has 1 aromatic carbocycles. The highest BCUT2D eigenvalue weighted by Crippen LogP contribution is 2.60.